The van der Waals surface area contributed by atoms with Gasteiger partial charge in [0.2, 0.25) is 5.91 Å². The van der Waals surface area contributed by atoms with E-state index < -0.39 is 17.0 Å². The molecule has 0 atom stereocenters. The fourth-order valence-corrected chi connectivity index (χ4v) is 7.05. The number of nitrogens with one attached hydrogen (secondary N) is 1. The summed E-state index contributed by atoms with van der Waals surface area (Å²) < 4.78 is 0. The smallest absolute Gasteiger partial charge is 0.306 e. The number of hydrogen-bond acceptors (Lipinski definition) is 7. The molecule has 1 aliphatic carbocycles. The van der Waals surface area contributed by atoms with Gasteiger partial charge in [0.1, 0.15) is 5.75 Å². The van der Waals surface area contributed by atoms with Crippen LogP contribution in [0.2, 0.25) is 0 Å². The minimum atomic E-state index is -0.753. The molecular formula is C31H40N6O4. The lowest BCUT2D eigenvalue weighted by Crippen LogP contribution is -2.67. The normalized spacial score (nSPS) is 22.3. The summed E-state index contributed by atoms with van der Waals surface area (Å²) in [6.07, 6.45) is 7.39. The summed E-state index contributed by atoms with van der Waals surface area (Å²) in [7, 11) is 2.02. The average Bonchev–Trinajstić information content (AvgIpc) is 3.46. The maximum absolute atomic E-state index is 13.8. The zero-order valence-corrected chi connectivity index (χ0v) is 24.5. The van der Waals surface area contributed by atoms with Crippen molar-refractivity contribution in [3.8, 4) is 28.1 Å². The van der Waals surface area contributed by atoms with Gasteiger partial charge in [-0.25, -0.2) is 0 Å². The minimum Gasteiger partial charge on any atom is -0.507 e. The highest BCUT2D eigenvalue weighted by Gasteiger charge is 2.50. The number of likely N-dealkylation sites (tertiary alicyclic amines) is 1. The van der Waals surface area contributed by atoms with Gasteiger partial charge in [-0.2, -0.15) is 5.10 Å². The minimum absolute atomic E-state index is 0.121. The van der Waals surface area contributed by atoms with Crippen LogP contribution in [0.3, 0.4) is 0 Å². The number of amides is 1. The Labute approximate surface area is 240 Å². The number of piperidine rings is 1. The van der Waals surface area contributed by atoms with Crippen molar-refractivity contribution >= 4 is 17.7 Å². The standard InChI is InChI=1S/C31H40N6O4/c1-30(2)15-23(16-31(3,4)37(30)28(39)19-6-8-20(9-7-19)29(40)41)36(5)27-13-12-25(34-35-27)24-11-10-21(14-26(24)38)22-17-32-33-18-22/h10-14,17-20,23,38H,6-9,15-16H2,1-5H3,(H,32,33)(H,40,41). The monoisotopic (exact) mass is 560 g/mol. The Kier molecular flexibility index (Phi) is 7.52. The molecule has 0 bridgehead atoms. The largest absolute Gasteiger partial charge is 0.507 e. The van der Waals surface area contributed by atoms with Crippen LogP contribution in [0, 0.1) is 11.8 Å². The maximum Gasteiger partial charge on any atom is 0.306 e. The number of carbonyl (C=O) groups excluding carboxylic acids is 1. The molecule has 1 saturated carbocycles. The third-order valence-corrected chi connectivity index (χ3v) is 8.99. The molecule has 2 aliphatic rings. The van der Waals surface area contributed by atoms with Crippen molar-refractivity contribution in [2.75, 3.05) is 11.9 Å². The predicted molar refractivity (Wildman–Crippen MR) is 156 cm³/mol. The molecule has 2 aromatic heterocycles. The van der Waals surface area contributed by atoms with Crippen LogP contribution in [0.4, 0.5) is 5.82 Å². The van der Waals surface area contributed by atoms with Gasteiger partial charge in [-0.1, -0.05) is 6.07 Å². The number of phenolic OH excluding ortho intramolecular Hbond substituents is 1. The number of aromatic nitrogens is 4. The molecule has 218 valence electrons. The van der Waals surface area contributed by atoms with Crippen molar-refractivity contribution in [1.82, 2.24) is 25.3 Å². The zero-order valence-electron chi connectivity index (χ0n) is 24.5. The van der Waals surface area contributed by atoms with E-state index in [2.05, 4.69) is 57.9 Å². The third kappa shape index (κ3) is 5.64. The molecule has 5 rings (SSSR count). The van der Waals surface area contributed by atoms with Crippen LogP contribution in [0.25, 0.3) is 22.4 Å². The summed E-state index contributed by atoms with van der Waals surface area (Å²) in [4.78, 5) is 29.4. The summed E-state index contributed by atoms with van der Waals surface area (Å²) in [5, 5.41) is 35.7. The summed E-state index contributed by atoms with van der Waals surface area (Å²) in [5.74, 6) is -0.216. The van der Waals surface area contributed by atoms with Gasteiger partial charge < -0.3 is 20.0 Å². The van der Waals surface area contributed by atoms with Crippen molar-refractivity contribution in [3.63, 3.8) is 0 Å². The molecule has 1 aromatic carbocycles. The second-order valence-electron chi connectivity index (χ2n) is 12.9. The number of nitrogens with zero attached hydrogens (tertiary/aromatic N) is 5. The quantitative estimate of drug-likeness (QED) is 0.378. The Hall–Kier alpha value is -3.95. The van der Waals surface area contributed by atoms with E-state index in [0.717, 1.165) is 29.8 Å². The topological polar surface area (TPSA) is 136 Å². The van der Waals surface area contributed by atoms with Crippen LogP contribution in [0.15, 0.2) is 42.7 Å². The molecule has 1 amide bonds. The number of aromatic amines is 1. The van der Waals surface area contributed by atoms with Crippen molar-refractivity contribution in [2.24, 2.45) is 11.8 Å². The average molecular weight is 561 g/mol. The number of carbonyl (C=O) groups is 2. The molecule has 0 spiro atoms. The fraction of sp³-hybridized carbons (Fsp3) is 0.516. The van der Waals surface area contributed by atoms with Crippen LogP contribution >= 0.6 is 0 Å². The Morgan fingerprint density at radius 2 is 1.61 bits per heavy atom. The molecule has 10 nitrogen and oxygen atoms in total. The van der Waals surface area contributed by atoms with Crippen molar-refractivity contribution in [3.05, 3.63) is 42.7 Å². The molecule has 41 heavy (non-hydrogen) atoms. The molecule has 0 radical (unpaired) electrons. The van der Waals surface area contributed by atoms with Crippen molar-refractivity contribution in [2.45, 2.75) is 83.3 Å². The number of carboxylic acid groups (broad SMARTS) is 1. The second-order valence-corrected chi connectivity index (χ2v) is 12.9. The number of H-pyrrole nitrogens is 1. The molecule has 2 fully saturated rings. The summed E-state index contributed by atoms with van der Waals surface area (Å²) in [5.41, 5.74) is 2.14. The number of benzene rings is 1. The van der Waals surface area contributed by atoms with Crippen molar-refractivity contribution < 1.29 is 19.8 Å². The Morgan fingerprint density at radius 1 is 0.951 bits per heavy atom. The van der Waals surface area contributed by atoms with Gasteiger partial charge in [-0.15, -0.1) is 10.2 Å². The van der Waals surface area contributed by atoms with Crippen LogP contribution in [-0.2, 0) is 9.59 Å². The molecule has 0 unspecified atom stereocenters. The van der Waals surface area contributed by atoms with Crippen LogP contribution in [0.5, 0.6) is 5.75 Å². The zero-order chi connectivity index (χ0) is 29.5. The first-order valence-corrected chi connectivity index (χ1v) is 14.3. The van der Waals surface area contributed by atoms with E-state index in [0.29, 0.717) is 36.9 Å². The highest BCUT2D eigenvalue weighted by atomic mass is 16.4. The highest BCUT2D eigenvalue weighted by Crippen LogP contribution is 2.43. The Morgan fingerprint density at radius 3 is 2.15 bits per heavy atom. The van der Waals surface area contributed by atoms with Gasteiger partial charge >= 0.3 is 5.97 Å². The first kappa shape index (κ1) is 28.6. The molecular weight excluding hydrogens is 520 g/mol. The number of anilines is 1. The highest BCUT2D eigenvalue weighted by molar-refractivity contribution is 5.81. The number of aliphatic carboxylic acids is 1. The van der Waals surface area contributed by atoms with Crippen LogP contribution in [0.1, 0.15) is 66.2 Å². The van der Waals surface area contributed by atoms with Gasteiger partial charge in [-0.3, -0.25) is 14.7 Å². The van der Waals surface area contributed by atoms with Gasteiger partial charge in [0.05, 0.1) is 17.8 Å². The fourth-order valence-electron chi connectivity index (χ4n) is 7.05. The molecule has 3 aromatic rings. The first-order valence-electron chi connectivity index (χ1n) is 14.3. The van der Waals surface area contributed by atoms with Crippen LogP contribution in [-0.4, -0.2) is 71.6 Å². The van der Waals surface area contributed by atoms with E-state index in [1.54, 1.807) is 18.5 Å². The van der Waals surface area contributed by atoms with E-state index in [1.165, 1.54) is 0 Å². The number of rotatable bonds is 6. The van der Waals surface area contributed by atoms with Gasteiger partial charge in [0.25, 0.3) is 0 Å². The van der Waals surface area contributed by atoms with E-state index in [-0.39, 0.29) is 29.5 Å². The number of hydrogen-bond donors (Lipinski definition) is 3. The Bertz CT molecular complexity index is 1380. The summed E-state index contributed by atoms with van der Waals surface area (Å²) in [6, 6.07) is 9.36. The summed E-state index contributed by atoms with van der Waals surface area (Å²) in [6.45, 7) is 8.50. The van der Waals surface area contributed by atoms with Gasteiger partial charge in [-0.05, 0) is 96.0 Å². The lowest BCUT2D eigenvalue weighted by Gasteiger charge is -2.57. The van der Waals surface area contributed by atoms with E-state index >= 15 is 0 Å². The second kappa shape index (κ2) is 10.8. The maximum atomic E-state index is 13.8. The SMILES string of the molecule is CN(c1ccc(-c2ccc(-c3cn[nH]c3)cc2O)nn1)C1CC(C)(C)N(C(=O)C2CCC(C(=O)O)CC2)C(C)(C)C1. The lowest BCUT2D eigenvalue weighted by atomic mass is 9.74. The summed E-state index contributed by atoms with van der Waals surface area (Å²) >= 11 is 0. The molecule has 3 heterocycles. The molecule has 1 saturated heterocycles. The third-order valence-electron chi connectivity index (χ3n) is 8.99. The molecule has 3 N–H and O–H groups in total. The number of carboxylic acids is 1. The lowest BCUT2D eigenvalue weighted by molar-refractivity contribution is -0.157. The van der Waals surface area contributed by atoms with Crippen molar-refractivity contribution in [1.29, 1.82) is 0 Å². The van der Waals surface area contributed by atoms with Gasteiger partial charge in [0.15, 0.2) is 5.82 Å². The number of phenols is 1. The van der Waals surface area contributed by atoms with E-state index in [9.17, 15) is 19.8 Å². The van der Waals surface area contributed by atoms with E-state index in [4.69, 9.17) is 0 Å². The first-order chi connectivity index (χ1) is 19.4. The van der Waals surface area contributed by atoms with Crippen LogP contribution < -0.4 is 4.90 Å². The Balaban J connectivity index is 1.29. The van der Waals surface area contributed by atoms with Gasteiger partial charge in [0, 0.05) is 47.4 Å². The molecule has 10 heteroatoms. The molecule has 1 aliphatic heterocycles. The number of aromatic hydroxyl groups is 1. The predicted octanol–water partition coefficient (Wildman–Crippen LogP) is 5.11. The van der Waals surface area contributed by atoms with E-state index in [1.807, 2.05) is 31.3 Å².